The van der Waals surface area contributed by atoms with E-state index in [1.54, 1.807) is 30.0 Å². The molecule has 1 aromatic heterocycles. The number of nitrogens with zero attached hydrogens (tertiary/aromatic N) is 2. The topological polar surface area (TPSA) is 122 Å². The maximum atomic E-state index is 12.8. The molecule has 10 heteroatoms. The van der Waals surface area contributed by atoms with Crippen LogP contribution in [0, 0.1) is 30.9 Å². The molecule has 0 bridgehead atoms. The van der Waals surface area contributed by atoms with E-state index in [0.717, 1.165) is 26.4 Å². The second-order valence-electron chi connectivity index (χ2n) is 8.04. The highest BCUT2D eigenvalue weighted by Crippen LogP contribution is 2.34. The van der Waals surface area contributed by atoms with Crippen molar-refractivity contribution < 1.29 is 19.6 Å². The Hall–Kier alpha value is -3.76. The van der Waals surface area contributed by atoms with Crippen molar-refractivity contribution in [3.63, 3.8) is 0 Å². The number of thioether (sulfide) groups is 1. The van der Waals surface area contributed by atoms with E-state index in [1.165, 1.54) is 45.7 Å². The minimum absolute atomic E-state index is 0.281. The average Bonchev–Trinajstić information content (AvgIpc) is 3.19. The van der Waals surface area contributed by atoms with Gasteiger partial charge in [-0.05, 0) is 61.7 Å². The SMILES string of the molecule is Cc1cc(C)c(CSc2nc3ccc(NC(=O)c4cccc([N+](=O)[O-])c4C(=O)O)cc3s2)c(C)c1. The molecule has 0 radical (unpaired) electrons. The Morgan fingerprint density at radius 2 is 1.83 bits per heavy atom. The summed E-state index contributed by atoms with van der Waals surface area (Å²) in [5.41, 5.74) is 4.70. The summed E-state index contributed by atoms with van der Waals surface area (Å²) in [6, 6.07) is 13.1. The molecule has 3 aromatic carbocycles. The predicted molar refractivity (Wildman–Crippen MR) is 138 cm³/mol. The molecule has 4 rings (SSSR count). The molecule has 0 unspecified atom stereocenters. The molecule has 35 heavy (non-hydrogen) atoms. The average molecular weight is 508 g/mol. The molecule has 0 atom stereocenters. The van der Waals surface area contributed by atoms with Gasteiger partial charge < -0.3 is 10.4 Å². The molecule has 178 valence electrons. The summed E-state index contributed by atoms with van der Waals surface area (Å²) >= 11 is 3.15. The number of thiazole rings is 1. The van der Waals surface area contributed by atoms with E-state index >= 15 is 0 Å². The third kappa shape index (κ3) is 5.18. The fourth-order valence-corrected chi connectivity index (χ4v) is 6.22. The van der Waals surface area contributed by atoms with Crippen LogP contribution >= 0.6 is 23.1 Å². The van der Waals surface area contributed by atoms with Gasteiger partial charge in [-0.2, -0.15) is 0 Å². The fraction of sp³-hybridized carbons (Fsp3) is 0.160. The van der Waals surface area contributed by atoms with E-state index in [0.29, 0.717) is 5.69 Å². The van der Waals surface area contributed by atoms with Gasteiger partial charge in [-0.15, -0.1) is 11.3 Å². The number of hydrogen-bond acceptors (Lipinski definition) is 7. The van der Waals surface area contributed by atoms with Crippen molar-refractivity contribution in [2.45, 2.75) is 30.9 Å². The van der Waals surface area contributed by atoms with Gasteiger partial charge in [0.1, 0.15) is 5.56 Å². The number of carbonyl (C=O) groups excluding carboxylic acids is 1. The largest absolute Gasteiger partial charge is 0.477 e. The number of amides is 1. The number of nitro benzene ring substituents is 1. The number of aryl methyl sites for hydroxylation is 3. The Bertz CT molecular complexity index is 1470. The number of aromatic nitrogens is 1. The fourth-order valence-electron chi connectivity index (χ4n) is 3.92. The first-order valence-electron chi connectivity index (χ1n) is 10.6. The lowest BCUT2D eigenvalue weighted by Crippen LogP contribution is -2.17. The van der Waals surface area contributed by atoms with Gasteiger partial charge in [0.15, 0.2) is 4.34 Å². The molecule has 0 aliphatic carbocycles. The molecule has 0 fully saturated rings. The Kier molecular flexibility index (Phi) is 6.86. The minimum atomic E-state index is -1.54. The first-order chi connectivity index (χ1) is 16.6. The summed E-state index contributed by atoms with van der Waals surface area (Å²) < 4.78 is 1.76. The smallest absolute Gasteiger partial charge is 0.343 e. The molecule has 1 amide bonds. The van der Waals surface area contributed by atoms with Gasteiger partial charge in [0.25, 0.3) is 11.6 Å². The number of hydrogen-bond donors (Lipinski definition) is 2. The first kappa shape index (κ1) is 24.4. The van der Waals surface area contributed by atoms with Crippen LogP contribution in [0.5, 0.6) is 0 Å². The number of aromatic carboxylic acids is 1. The van der Waals surface area contributed by atoms with Crippen LogP contribution in [0.25, 0.3) is 10.2 Å². The van der Waals surface area contributed by atoms with E-state index < -0.39 is 28.1 Å². The van der Waals surface area contributed by atoms with Crippen molar-refractivity contribution >= 4 is 56.6 Å². The quantitative estimate of drug-likeness (QED) is 0.169. The Morgan fingerprint density at radius 1 is 1.11 bits per heavy atom. The molecular formula is C25H21N3O5S2. The zero-order valence-electron chi connectivity index (χ0n) is 19.1. The van der Waals surface area contributed by atoms with Crippen LogP contribution < -0.4 is 5.32 Å². The molecule has 0 saturated heterocycles. The van der Waals surface area contributed by atoms with Crippen molar-refractivity contribution in [2.75, 3.05) is 5.32 Å². The van der Waals surface area contributed by atoms with Gasteiger partial charge in [-0.25, -0.2) is 9.78 Å². The van der Waals surface area contributed by atoms with Crippen molar-refractivity contribution in [3.8, 4) is 0 Å². The Labute approximate surface area is 209 Å². The standard InChI is InChI=1S/C25H21N3O5S2/c1-13-9-14(2)18(15(3)10-13)12-34-25-27-19-8-7-16(11-21(19)35-25)26-23(29)17-5-4-6-20(28(32)33)22(17)24(30)31/h4-11H,12H2,1-3H3,(H,26,29)(H,30,31). The van der Waals surface area contributed by atoms with Crippen LogP contribution in [0.15, 0.2) is 52.9 Å². The number of nitrogens with one attached hydrogen (secondary N) is 1. The van der Waals surface area contributed by atoms with E-state index in [-0.39, 0.29) is 5.56 Å². The van der Waals surface area contributed by atoms with Crippen LogP contribution in [-0.2, 0) is 5.75 Å². The molecule has 8 nitrogen and oxygen atoms in total. The zero-order chi connectivity index (χ0) is 25.3. The van der Waals surface area contributed by atoms with Gasteiger partial charge in [0.2, 0.25) is 0 Å². The molecule has 0 saturated carbocycles. The predicted octanol–water partition coefficient (Wildman–Crippen LogP) is 6.37. The third-order valence-corrected chi connectivity index (χ3v) is 7.69. The molecular weight excluding hydrogens is 486 g/mol. The summed E-state index contributed by atoms with van der Waals surface area (Å²) in [6.07, 6.45) is 0. The summed E-state index contributed by atoms with van der Waals surface area (Å²) in [6.45, 7) is 6.31. The van der Waals surface area contributed by atoms with Gasteiger partial charge in [-0.3, -0.25) is 14.9 Å². The Balaban J connectivity index is 1.55. The van der Waals surface area contributed by atoms with Crippen molar-refractivity contribution in [1.29, 1.82) is 0 Å². The minimum Gasteiger partial charge on any atom is -0.477 e. The number of carbonyl (C=O) groups is 2. The van der Waals surface area contributed by atoms with Crippen LogP contribution in [0.3, 0.4) is 0 Å². The second-order valence-corrected chi connectivity index (χ2v) is 10.3. The van der Waals surface area contributed by atoms with E-state index in [1.807, 2.05) is 0 Å². The molecule has 4 aromatic rings. The third-order valence-electron chi connectivity index (χ3n) is 5.50. The summed E-state index contributed by atoms with van der Waals surface area (Å²) in [5.74, 6) is -1.48. The molecule has 1 heterocycles. The van der Waals surface area contributed by atoms with Crippen molar-refractivity contribution in [3.05, 3.63) is 92.0 Å². The van der Waals surface area contributed by atoms with Crippen LogP contribution in [0.4, 0.5) is 11.4 Å². The number of carboxylic acids is 1. The number of anilines is 1. The first-order valence-corrected chi connectivity index (χ1v) is 12.4. The highest BCUT2D eigenvalue weighted by Gasteiger charge is 2.27. The van der Waals surface area contributed by atoms with Crippen LogP contribution in [0.1, 0.15) is 43.0 Å². The summed E-state index contributed by atoms with van der Waals surface area (Å²) in [7, 11) is 0. The number of fused-ring (bicyclic) bond motifs is 1. The molecule has 0 aliphatic heterocycles. The highest BCUT2D eigenvalue weighted by molar-refractivity contribution is 8.00. The van der Waals surface area contributed by atoms with Gasteiger partial charge in [0, 0.05) is 17.5 Å². The summed E-state index contributed by atoms with van der Waals surface area (Å²) in [5, 5.41) is 23.3. The lowest BCUT2D eigenvalue weighted by molar-refractivity contribution is -0.385. The molecule has 0 spiro atoms. The Morgan fingerprint density at radius 3 is 2.49 bits per heavy atom. The monoisotopic (exact) mass is 507 g/mol. The van der Waals surface area contributed by atoms with E-state index in [4.69, 9.17) is 0 Å². The number of carboxylic acid groups (broad SMARTS) is 1. The number of benzene rings is 3. The highest BCUT2D eigenvalue weighted by atomic mass is 32.2. The summed E-state index contributed by atoms with van der Waals surface area (Å²) in [4.78, 5) is 39.5. The van der Waals surface area contributed by atoms with Gasteiger partial charge >= 0.3 is 5.97 Å². The lowest BCUT2D eigenvalue weighted by Gasteiger charge is -2.10. The van der Waals surface area contributed by atoms with E-state index in [2.05, 4.69) is 43.2 Å². The maximum Gasteiger partial charge on any atom is 0.343 e. The van der Waals surface area contributed by atoms with Crippen LogP contribution in [-0.4, -0.2) is 26.9 Å². The number of nitro groups is 1. The zero-order valence-corrected chi connectivity index (χ0v) is 20.8. The van der Waals surface area contributed by atoms with Crippen molar-refractivity contribution in [2.24, 2.45) is 0 Å². The van der Waals surface area contributed by atoms with E-state index in [9.17, 15) is 24.8 Å². The molecule has 0 aliphatic rings. The maximum absolute atomic E-state index is 12.8. The number of rotatable bonds is 7. The second kappa shape index (κ2) is 9.85. The normalized spacial score (nSPS) is 10.9. The lowest BCUT2D eigenvalue weighted by atomic mass is 10.0. The van der Waals surface area contributed by atoms with Gasteiger partial charge in [-0.1, -0.05) is 35.5 Å². The van der Waals surface area contributed by atoms with Crippen LogP contribution in [0.2, 0.25) is 0 Å². The molecule has 2 N–H and O–H groups in total. The van der Waals surface area contributed by atoms with Gasteiger partial charge in [0.05, 0.1) is 20.7 Å². The van der Waals surface area contributed by atoms with Crippen molar-refractivity contribution in [1.82, 2.24) is 4.98 Å².